The Labute approximate surface area is 151 Å². The molecule has 25 heavy (non-hydrogen) atoms. The number of carbonyl (C=O) groups is 1. The summed E-state index contributed by atoms with van der Waals surface area (Å²) < 4.78 is 24.2. The number of amides is 1. The summed E-state index contributed by atoms with van der Waals surface area (Å²) in [4.78, 5) is 12.1. The van der Waals surface area contributed by atoms with Gasteiger partial charge in [0.1, 0.15) is 17.3 Å². The molecule has 0 heterocycles. The second-order valence-electron chi connectivity index (χ2n) is 5.31. The number of methoxy groups -OCH3 is 2. The molecule has 0 aromatic heterocycles. The summed E-state index contributed by atoms with van der Waals surface area (Å²) >= 11 is 5.93. The van der Waals surface area contributed by atoms with Crippen LogP contribution in [0.2, 0.25) is 5.02 Å². The molecule has 0 fully saturated rings. The molecule has 2 aromatic rings. The summed E-state index contributed by atoms with van der Waals surface area (Å²) in [6.45, 7) is 1.82. The summed E-state index contributed by atoms with van der Waals surface area (Å²) in [5.41, 5.74) is 0.943. The molecule has 0 saturated carbocycles. The number of carbonyl (C=O) groups excluding carboxylic acids is 1. The van der Waals surface area contributed by atoms with Crippen LogP contribution in [0.4, 0.5) is 4.39 Å². The zero-order chi connectivity index (χ0) is 18.4. The number of hydrogen-bond donors (Lipinski definition) is 1. The fraction of sp³-hybridized carbons (Fsp3) is 0.211. The predicted octanol–water partition coefficient (Wildman–Crippen LogP) is 4.39. The molecule has 0 radical (unpaired) electrons. The quantitative estimate of drug-likeness (QED) is 0.774. The summed E-state index contributed by atoms with van der Waals surface area (Å²) in [7, 11) is 3.12. The molecule has 1 N–H and O–H groups in total. The zero-order valence-electron chi connectivity index (χ0n) is 14.2. The standard InChI is InChI=1S/C19H19ClFNO3/c1-12(15-11-13(24-2)7-9-18(15)25-3)22-19(23)10-8-14-16(20)5-4-6-17(14)21/h4-12H,1-3H3,(H,22,23)/b10-8+/t12-/m0/s1. The fourth-order valence-corrected chi connectivity index (χ4v) is 2.57. The van der Waals surface area contributed by atoms with E-state index in [9.17, 15) is 9.18 Å². The van der Waals surface area contributed by atoms with Crippen LogP contribution in [0.1, 0.15) is 24.1 Å². The second kappa shape index (κ2) is 8.53. The molecule has 2 rings (SSSR count). The van der Waals surface area contributed by atoms with Gasteiger partial charge in [0, 0.05) is 17.2 Å². The molecular formula is C19H19ClFNO3. The molecule has 0 saturated heterocycles. The maximum absolute atomic E-state index is 13.7. The van der Waals surface area contributed by atoms with Crippen molar-refractivity contribution in [3.8, 4) is 11.5 Å². The van der Waals surface area contributed by atoms with E-state index in [1.54, 1.807) is 38.5 Å². The number of hydrogen-bond acceptors (Lipinski definition) is 3. The van der Waals surface area contributed by atoms with Gasteiger partial charge >= 0.3 is 0 Å². The molecule has 0 aliphatic rings. The zero-order valence-corrected chi connectivity index (χ0v) is 14.9. The van der Waals surface area contributed by atoms with Crippen molar-refractivity contribution in [2.45, 2.75) is 13.0 Å². The number of halogens is 2. The lowest BCUT2D eigenvalue weighted by Gasteiger charge is -2.17. The van der Waals surface area contributed by atoms with Gasteiger partial charge in [0.2, 0.25) is 5.91 Å². The first kappa shape index (κ1) is 18.8. The molecule has 0 aliphatic heterocycles. The number of ether oxygens (including phenoxy) is 2. The Morgan fingerprint density at radius 2 is 2.00 bits per heavy atom. The highest BCUT2D eigenvalue weighted by atomic mass is 35.5. The molecule has 0 unspecified atom stereocenters. The molecule has 132 valence electrons. The van der Waals surface area contributed by atoms with Crippen molar-refractivity contribution in [3.63, 3.8) is 0 Å². The molecule has 0 aliphatic carbocycles. The van der Waals surface area contributed by atoms with Gasteiger partial charge in [-0.2, -0.15) is 0 Å². The van der Waals surface area contributed by atoms with Crippen LogP contribution in [0.3, 0.4) is 0 Å². The smallest absolute Gasteiger partial charge is 0.244 e. The Bertz CT molecular complexity index is 772. The van der Waals surface area contributed by atoms with Crippen LogP contribution in [0, 0.1) is 5.82 Å². The van der Waals surface area contributed by atoms with Crippen molar-refractivity contribution in [2.24, 2.45) is 0 Å². The molecule has 1 atom stereocenters. The van der Waals surface area contributed by atoms with Crippen LogP contribution in [0.25, 0.3) is 6.08 Å². The highest BCUT2D eigenvalue weighted by Crippen LogP contribution is 2.29. The van der Waals surface area contributed by atoms with E-state index >= 15 is 0 Å². The van der Waals surface area contributed by atoms with Crippen LogP contribution in [0.5, 0.6) is 11.5 Å². The number of benzene rings is 2. The monoisotopic (exact) mass is 363 g/mol. The van der Waals surface area contributed by atoms with E-state index in [0.29, 0.717) is 11.5 Å². The third kappa shape index (κ3) is 4.73. The SMILES string of the molecule is COc1ccc(OC)c([C@H](C)NC(=O)/C=C/c2c(F)cccc2Cl)c1. The minimum atomic E-state index is -0.487. The van der Waals surface area contributed by atoms with Gasteiger partial charge in [0.05, 0.1) is 25.3 Å². The minimum Gasteiger partial charge on any atom is -0.497 e. The van der Waals surface area contributed by atoms with Gasteiger partial charge in [-0.25, -0.2) is 4.39 Å². The molecule has 2 aromatic carbocycles. The van der Waals surface area contributed by atoms with Crippen molar-refractivity contribution < 1.29 is 18.7 Å². The van der Waals surface area contributed by atoms with E-state index in [2.05, 4.69) is 5.32 Å². The lowest BCUT2D eigenvalue weighted by atomic mass is 10.1. The third-order valence-corrected chi connectivity index (χ3v) is 3.99. The van der Waals surface area contributed by atoms with E-state index in [1.807, 2.05) is 6.92 Å². The van der Waals surface area contributed by atoms with Gasteiger partial charge in [-0.1, -0.05) is 17.7 Å². The highest BCUT2D eigenvalue weighted by molar-refractivity contribution is 6.32. The molecular weight excluding hydrogens is 345 g/mol. The summed E-state index contributed by atoms with van der Waals surface area (Å²) in [5, 5.41) is 3.05. The molecule has 0 bridgehead atoms. The summed E-state index contributed by atoms with van der Waals surface area (Å²) in [6, 6.07) is 9.35. The lowest BCUT2D eigenvalue weighted by molar-refractivity contribution is -0.117. The first-order valence-electron chi connectivity index (χ1n) is 7.60. The molecule has 0 spiro atoms. The van der Waals surface area contributed by atoms with Gasteiger partial charge in [0.25, 0.3) is 0 Å². The summed E-state index contributed by atoms with van der Waals surface area (Å²) in [6.07, 6.45) is 2.59. The molecule has 1 amide bonds. The van der Waals surface area contributed by atoms with Crippen LogP contribution < -0.4 is 14.8 Å². The van der Waals surface area contributed by atoms with Gasteiger partial charge in [-0.3, -0.25) is 4.79 Å². The van der Waals surface area contributed by atoms with E-state index in [-0.39, 0.29) is 22.5 Å². The average molecular weight is 364 g/mol. The van der Waals surface area contributed by atoms with E-state index in [1.165, 1.54) is 24.3 Å². The van der Waals surface area contributed by atoms with Gasteiger partial charge < -0.3 is 14.8 Å². The Kier molecular flexibility index (Phi) is 6.42. The predicted molar refractivity (Wildman–Crippen MR) is 96.5 cm³/mol. The molecule has 6 heteroatoms. The van der Waals surface area contributed by atoms with E-state index in [0.717, 1.165) is 5.56 Å². The van der Waals surface area contributed by atoms with E-state index < -0.39 is 5.82 Å². The Hall–Kier alpha value is -2.53. The molecule has 4 nitrogen and oxygen atoms in total. The average Bonchev–Trinajstić information content (AvgIpc) is 2.60. The Morgan fingerprint density at radius 3 is 2.64 bits per heavy atom. The maximum atomic E-state index is 13.7. The van der Waals surface area contributed by atoms with Crippen LogP contribution in [0.15, 0.2) is 42.5 Å². The fourth-order valence-electron chi connectivity index (χ4n) is 2.35. The normalized spacial score (nSPS) is 12.0. The lowest BCUT2D eigenvalue weighted by Crippen LogP contribution is -2.25. The van der Waals surface area contributed by atoms with Crippen LogP contribution in [-0.4, -0.2) is 20.1 Å². The van der Waals surface area contributed by atoms with Crippen molar-refractivity contribution >= 4 is 23.6 Å². The van der Waals surface area contributed by atoms with Crippen molar-refractivity contribution in [1.82, 2.24) is 5.32 Å². The first-order valence-corrected chi connectivity index (χ1v) is 7.98. The topological polar surface area (TPSA) is 47.6 Å². The Morgan fingerprint density at radius 1 is 1.24 bits per heavy atom. The van der Waals surface area contributed by atoms with Gasteiger partial charge in [0.15, 0.2) is 0 Å². The number of rotatable bonds is 6. The van der Waals surface area contributed by atoms with Crippen molar-refractivity contribution in [2.75, 3.05) is 14.2 Å². The van der Waals surface area contributed by atoms with Crippen molar-refractivity contribution in [3.05, 3.63) is 64.4 Å². The first-order chi connectivity index (χ1) is 12.0. The van der Waals surface area contributed by atoms with Gasteiger partial charge in [-0.15, -0.1) is 0 Å². The largest absolute Gasteiger partial charge is 0.497 e. The van der Waals surface area contributed by atoms with Crippen molar-refractivity contribution in [1.29, 1.82) is 0 Å². The van der Waals surface area contributed by atoms with Crippen LogP contribution >= 0.6 is 11.6 Å². The second-order valence-corrected chi connectivity index (χ2v) is 5.71. The Balaban J connectivity index is 2.14. The van der Waals surface area contributed by atoms with Crippen LogP contribution in [-0.2, 0) is 4.79 Å². The summed E-state index contributed by atoms with van der Waals surface area (Å²) in [5.74, 6) is 0.427. The van der Waals surface area contributed by atoms with E-state index in [4.69, 9.17) is 21.1 Å². The highest BCUT2D eigenvalue weighted by Gasteiger charge is 2.14. The maximum Gasteiger partial charge on any atom is 0.244 e. The van der Waals surface area contributed by atoms with Gasteiger partial charge in [-0.05, 0) is 43.3 Å². The minimum absolute atomic E-state index is 0.172. The third-order valence-electron chi connectivity index (χ3n) is 3.66. The number of nitrogens with one attached hydrogen (secondary N) is 1.